The Hall–Kier alpha value is -3.03. The Balaban J connectivity index is 1.17. The molecule has 2 aliphatic rings. The minimum absolute atomic E-state index is 0.0383. The Morgan fingerprint density at radius 2 is 1.94 bits per heavy atom. The van der Waals surface area contributed by atoms with Crippen LogP contribution in [0.2, 0.25) is 5.02 Å². The molecule has 0 amide bonds. The van der Waals surface area contributed by atoms with Gasteiger partial charge in [-0.05, 0) is 48.2 Å². The van der Waals surface area contributed by atoms with Gasteiger partial charge in [-0.25, -0.2) is 0 Å². The largest absolute Gasteiger partial charge is 0.491 e. The Labute approximate surface area is 195 Å². The predicted molar refractivity (Wildman–Crippen MR) is 124 cm³/mol. The molecule has 5 rings (SSSR count). The highest BCUT2D eigenvalue weighted by Gasteiger charge is 2.35. The van der Waals surface area contributed by atoms with E-state index < -0.39 is 0 Å². The highest BCUT2D eigenvalue weighted by atomic mass is 35.5. The van der Waals surface area contributed by atoms with Gasteiger partial charge in [0.15, 0.2) is 11.0 Å². The van der Waals surface area contributed by atoms with E-state index in [0.717, 1.165) is 16.9 Å². The van der Waals surface area contributed by atoms with Crippen molar-refractivity contribution < 1.29 is 23.4 Å². The highest BCUT2D eigenvalue weighted by molar-refractivity contribution is 6.34. The standard InChI is InChI=1S/C25H24ClNO6/c1-30-25(29)16-9-19(10-16)32-8-7-31-18-6-5-15-13-27(14-17(15)11-18)23-12-22(28)20-3-2-4-21(26)24(20)33-23/h2-6,11-12,16,19H,7-10,13-14H2,1H3. The smallest absolute Gasteiger partial charge is 0.308 e. The summed E-state index contributed by atoms with van der Waals surface area (Å²) in [6.45, 7) is 2.14. The molecule has 33 heavy (non-hydrogen) atoms. The van der Waals surface area contributed by atoms with E-state index in [1.807, 2.05) is 23.1 Å². The molecule has 0 N–H and O–H groups in total. The molecule has 1 saturated carbocycles. The fraction of sp³-hybridized carbons (Fsp3) is 0.360. The van der Waals surface area contributed by atoms with Crippen molar-refractivity contribution in [1.29, 1.82) is 0 Å². The SMILES string of the molecule is COC(=O)C1CC(OCCOc2ccc3c(c2)CN(c2cc(=O)c4cccc(Cl)c4o2)C3)C1. The van der Waals surface area contributed by atoms with Crippen molar-refractivity contribution >= 4 is 34.4 Å². The lowest BCUT2D eigenvalue weighted by molar-refractivity contribution is -0.155. The average molecular weight is 470 g/mol. The molecule has 2 aromatic carbocycles. The molecular formula is C25H24ClNO6. The summed E-state index contributed by atoms with van der Waals surface area (Å²) in [5.74, 6) is 1.06. The lowest BCUT2D eigenvalue weighted by Crippen LogP contribution is -2.37. The van der Waals surface area contributed by atoms with E-state index in [9.17, 15) is 9.59 Å². The van der Waals surface area contributed by atoms with Crippen LogP contribution < -0.4 is 15.1 Å². The Morgan fingerprint density at radius 3 is 2.76 bits per heavy atom. The summed E-state index contributed by atoms with van der Waals surface area (Å²) < 4.78 is 22.3. The van der Waals surface area contributed by atoms with Crippen molar-refractivity contribution in [3.05, 3.63) is 68.8 Å². The molecule has 1 aliphatic carbocycles. The third-order valence-corrected chi connectivity index (χ3v) is 6.54. The molecule has 0 bridgehead atoms. The minimum Gasteiger partial charge on any atom is -0.491 e. The number of fused-ring (bicyclic) bond motifs is 2. The van der Waals surface area contributed by atoms with Gasteiger partial charge in [0.25, 0.3) is 0 Å². The molecule has 7 nitrogen and oxygen atoms in total. The van der Waals surface area contributed by atoms with Crippen LogP contribution in [0.25, 0.3) is 11.0 Å². The van der Waals surface area contributed by atoms with Crippen molar-refractivity contribution in [2.45, 2.75) is 32.0 Å². The van der Waals surface area contributed by atoms with Gasteiger partial charge >= 0.3 is 5.97 Å². The van der Waals surface area contributed by atoms with Crippen molar-refractivity contribution in [3.8, 4) is 5.75 Å². The number of ether oxygens (including phenoxy) is 3. The maximum atomic E-state index is 12.5. The van der Waals surface area contributed by atoms with Gasteiger partial charge in [0.1, 0.15) is 12.4 Å². The first-order valence-electron chi connectivity index (χ1n) is 10.9. The van der Waals surface area contributed by atoms with Gasteiger partial charge in [-0.2, -0.15) is 0 Å². The van der Waals surface area contributed by atoms with Crippen LogP contribution >= 0.6 is 11.6 Å². The molecule has 3 aromatic rings. The van der Waals surface area contributed by atoms with E-state index in [4.69, 9.17) is 30.2 Å². The number of rotatable bonds is 7. The van der Waals surface area contributed by atoms with Gasteiger partial charge in [0.2, 0.25) is 5.88 Å². The molecule has 0 radical (unpaired) electrons. The minimum atomic E-state index is -0.163. The molecule has 0 spiro atoms. The number of benzene rings is 2. The van der Waals surface area contributed by atoms with E-state index >= 15 is 0 Å². The van der Waals surface area contributed by atoms with Crippen LogP contribution in [-0.2, 0) is 27.4 Å². The summed E-state index contributed by atoms with van der Waals surface area (Å²) in [5.41, 5.74) is 2.57. The zero-order chi connectivity index (χ0) is 22.9. The van der Waals surface area contributed by atoms with Gasteiger partial charge in [-0.3, -0.25) is 9.59 Å². The maximum absolute atomic E-state index is 12.5. The van der Waals surface area contributed by atoms with Crippen LogP contribution in [0.5, 0.6) is 5.75 Å². The molecule has 0 unspecified atom stereocenters. The van der Waals surface area contributed by atoms with Crippen LogP contribution in [0.1, 0.15) is 24.0 Å². The van der Waals surface area contributed by atoms with Crippen molar-refractivity contribution in [2.24, 2.45) is 5.92 Å². The van der Waals surface area contributed by atoms with Crippen LogP contribution in [0.3, 0.4) is 0 Å². The number of halogens is 1. The first-order chi connectivity index (χ1) is 16.0. The van der Waals surface area contributed by atoms with E-state index in [-0.39, 0.29) is 23.4 Å². The number of anilines is 1. The average Bonchev–Trinajstić information content (AvgIpc) is 3.21. The molecule has 172 valence electrons. The number of hydrogen-bond acceptors (Lipinski definition) is 7. The van der Waals surface area contributed by atoms with Crippen LogP contribution in [0, 0.1) is 5.92 Å². The number of carbonyl (C=O) groups is 1. The van der Waals surface area contributed by atoms with Gasteiger partial charge in [0, 0.05) is 19.2 Å². The second-order valence-electron chi connectivity index (χ2n) is 8.38. The zero-order valence-electron chi connectivity index (χ0n) is 18.2. The normalized spacial score (nSPS) is 19.3. The topological polar surface area (TPSA) is 78.2 Å². The third kappa shape index (κ3) is 4.43. The zero-order valence-corrected chi connectivity index (χ0v) is 19.0. The second-order valence-corrected chi connectivity index (χ2v) is 8.79. The molecule has 1 aromatic heterocycles. The molecule has 0 atom stereocenters. The van der Waals surface area contributed by atoms with Crippen molar-refractivity contribution in [2.75, 3.05) is 25.2 Å². The van der Waals surface area contributed by atoms with E-state index in [1.165, 1.54) is 13.2 Å². The molecule has 2 heterocycles. The molecule has 1 fully saturated rings. The highest BCUT2D eigenvalue weighted by Crippen LogP contribution is 2.33. The summed E-state index contributed by atoms with van der Waals surface area (Å²) in [4.78, 5) is 26.0. The lowest BCUT2D eigenvalue weighted by atomic mass is 9.82. The van der Waals surface area contributed by atoms with E-state index in [2.05, 4.69) is 0 Å². The first kappa shape index (κ1) is 21.8. The third-order valence-electron chi connectivity index (χ3n) is 6.24. The molecular weight excluding hydrogens is 446 g/mol. The van der Waals surface area contributed by atoms with E-state index in [1.54, 1.807) is 18.2 Å². The molecule has 8 heteroatoms. The summed E-state index contributed by atoms with van der Waals surface area (Å²) in [6, 6.07) is 12.7. The number of nitrogens with zero attached hydrogens (tertiary/aromatic N) is 1. The fourth-order valence-corrected chi connectivity index (χ4v) is 4.55. The number of para-hydroxylation sites is 1. The quantitative estimate of drug-likeness (QED) is 0.377. The van der Waals surface area contributed by atoms with Gasteiger partial charge in [-0.1, -0.05) is 23.7 Å². The van der Waals surface area contributed by atoms with Gasteiger partial charge in [-0.15, -0.1) is 0 Å². The van der Waals surface area contributed by atoms with Crippen LogP contribution in [0.15, 0.2) is 51.7 Å². The number of esters is 1. The van der Waals surface area contributed by atoms with Gasteiger partial charge in [0.05, 0.1) is 36.1 Å². The number of methoxy groups -OCH3 is 1. The number of hydrogen-bond donors (Lipinski definition) is 0. The summed E-state index contributed by atoms with van der Waals surface area (Å²) in [6.07, 6.45) is 1.51. The molecule has 1 aliphatic heterocycles. The summed E-state index contributed by atoms with van der Waals surface area (Å²) in [7, 11) is 1.41. The summed E-state index contributed by atoms with van der Waals surface area (Å²) in [5, 5.41) is 0.896. The maximum Gasteiger partial charge on any atom is 0.308 e. The summed E-state index contributed by atoms with van der Waals surface area (Å²) >= 11 is 6.24. The first-order valence-corrected chi connectivity index (χ1v) is 11.3. The van der Waals surface area contributed by atoms with Crippen LogP contribution in [-0.4, -0.2) is 32.4 Å². The monoisotopic (exact) mass is 469 g/mol. The lowest BCUT2D eigenvalue weighted by Gasteiger charge is -2.32. The van der Waals surface area contributed by atoms with Gasteiger partial charge < -0.3 is 23.5 Å². The van der Waals surface area contributed by atoms with E-state index in [0.29, 0.717) is 61.0 Å². The number of carbonyl (C=O) groups excluding carboxylic acids is 1. The second kappa shape index (κ2) is 9.08. The van der Waals surface area contributed by atoms with Crippen molar-refractivity contribution in [3.63, 3.8) is 0 Å². The fourth-order valence-electron chi connectivity index (χ4n) is 4.34. The van der Waals surface area contributed by atoms with Crippen molar-refractivity contribution in [1.82, 2.24) is 0 Å². The Bertz CT molecular complexity index is 1250. The predicted octanol–water partition coefficient (Wildman–Crippen LogP) is 4.31. The Morgan fingerprint density at radius 1 is 1.12 bits per heavy atom. The van der Waals surface area contributed by atoms with Crippen LogP contribution in [0.4, 0.5) is 5.88 Å². The molecule has 0 saturated heterocycles. The Kier molecular flexibility index (Phi) is 6.00.